The van der Waals surface area contributed by atoms with E-state index >= 15 is 0 Å². The smallest absolute Gasteiger partial charge is 0.129 e. The normalized spacial score (nSPS) is 20.6. The van der Waals surface area contributed by atoms with Gasteiger partial charge in [-0.1, -0.05) is 37.5 Å². The third-order valence-electron chi connectivity index (χ3n) is 3.49. The van der Waals surface area contributed by atoms with Crippen LogP contribution in [-0.2, 0) is 0 Å². The van der Waals surface area contributed by atoms with Gasteiger partial charge in [0.1, 0.15) is 5.83 Å². The maximum atomic E-state index is 14.2. The predicted octanol–water partition coefficient (Wildman–Crippen LogP) is 5.33. The van der Waals surface area contributed by atoms with E-state index in [1.807, 2.05) is 26.8 Å². The maximum Gasteiger partial charge on any atom is 0.129 e. The third kappa shape index (κ3) is 3.07. The first kappa shape index (κ1) is 13.2. The Morgan fingerprint density at radius 3 is 2.19 bits per heavy atom. The highest BCUT2D eigenvalue weighted by Crippen LogP contribution is 2.36. The Morgan fingerprint density at radius 2 is 1.75 bits per heavy atom. The molecule has 16 heavy (non-hydrogen) atoms. The van der Waals surface area contributed by atoms with Gasteiger partial charge in [0.05, 0.1) is 0 Å². The minimum absolute atomic E-state index is 0.0399. The second kappa shape index (κ2) is 6.03. The van der Waals surface area contributed by atoms with E-state index in [-0.39, 0.29) is 5.83 Å². The molecule has 0 aliphatic heterocycles. The first-order valence-electron chi connectivity index (χ1n) is 6.26. The molecule has 1 fully saturated rings. The second-order valence-electron chi connectivity index (χ2n) is 4.81. The first-order chi connectivity index (χ1) is 7.57. The Bertz CT molecular complexity index is 314. The van der Waals surface area contributed by atoms with Gasteiger partial charge in [0.15, 0.2) is 0 Å². The number of allylic oxidation sites excluding steroid dienone is 5. The van der Waals surface area contributed by atoms with Crippen molar-refractivity contribution in [2.45, 2.75) is 52.9 Å². The molecule has 1 heteroatoms. The Labute approximate surface area is 98.9 Å². The van der Waals surface area contributed by atoms with Gasteiger partial charge in [-0.25, -0.2) is 4.39 Å². The zero-order chi connectivity index (χ0) is 12.1. The molecule has 90 valence electrons. The van der Waals surface area contributed by atoms with Gasteiger partial charge in [0.25, 0.3) is 0 Å². The van der Waals surface area contributed by atoms with Crippen molar-refractivity contribution in [1.29, 1.82) is 0 Å². The Hall–Kier alpha value is -0.850. The topological polar surface area (TPSA) is 0 Å². The number of rotatable bonds is 3. The fourth-order valence-corrected chi connectivity index (χ4v) is 2.45. The van der Waals surface area contributed by atoms with E-state index in [0.29, 0.717) is 5.92 Å². The first-order valence-corrected chi connectivity index (χ1v) is 6.26. The van der Waals surface area contributed by atoms with Crippen molar-refractivity contribution in [2.24, 2.45) is 5.92 Å². The summed E-state index contributed by atoms with van der Waals surface area (Å²) in [7, 11) is 0. The lowest BCUT2D eigenvalue weighted by atomic mass is 9.80. The Morgan fingerprint density at radius 1 is 1.19 bits per heavy atom. The van der Waals surface area contributed by atoms with Crippen LogP contribution in [0.1, 0.15) is 52.9 Å². The molecule has 0 aromatic rings. The number of hydrogen-bond acceptors (Lipinski definition) is 0. The van der Waals surface area contributed by atoms with Gasteiger partial charge < -0.3 is 0 Å². The molecule has 0 aromatic heterocycles. The van der Waals surface area contributed by atoms with Gasteiger partial charge in [-0.2, -0.15) is 0 Å². The molecule has 0 heterocycles. The van der Waals surface area contributed by atoms with Crippen molar-refractivity contribution < 1.29 is 4.39 Å². The van der Waals surface area contributed by atoms with Crippen LogP contribution in [0, 0.1) is 5.92 Å². The molecule has 0 spiro atoms. The zero-order valence-corrected chi connectivity index (χ0v) is 10.8. The van der Waals surface area contributed by atoms with E-state index < -0.39 is 0 Å². The molecule has 1 aliphatic carbocycles. The molecule has 0 unspecified atom stereocenters. The molecule has 1 saturated carbocycles. The molecule has 0 nitrogen and oxygen atoms in total. The van der Waals surface area contributed by atoms with Gasteiger partial charge in [0, 0.05) is 0 Å². The van der Waals surface area contributed by atoms with Crippen LogP contribution in [0.25, 0.3) is 0 Å². The molecule has 0 radical (unpaired) electrons. The van der Waals surface area contributed by atoms with E-state index in [4.69, 9.17) is 0 Å². The van der Waals surface area contributed by atoms with Crippen LogP contribution in [0.15, 0.2) is 35.2 Å². The molecule has 0 aromatic carbocycles. The standard InChI is InChI=1S/C15H23F/c1-5-12(4)15(16)14(11(2)3)13-9-7-6-8-10-13/h5,13H,2,6-10H2,1,3-4H3/b12-5-,15-14-. The summed E-state index contributed by atoms with van der Waals surface area (Å²) < 4.78 is 14.2. The van der Waals surface area contributed by atoms with Crippen molar-refractivity contribution >= 4 is 0 Å². The van der Waals surface area contributed by atoms with Crippen LogP contribution in [0.2, 0.25) is 0 Å². The molecule has 0 saturated heterocycles. The lowest BCUT2D eigenvalue weighted by Crippen LogP contribution is -2.11. The van der Waals surface area contributed by atoms with Crippen molar-refractivity contribution in [3.63, 3.8) is 0 Å². The minimum atomic E-state index is -0.0399. The van der Waals surface area contributed by atoms with Crippen LogP contribution in [0.5, 0.6) is 0 Å². The lowest BCUT2D eigenvalue weighted by molar-refractivity contribution is 0.397. The molecule has 0 bridgehead atoms. The van der Waals surface area contributed by atoms with Crippen LogP contribution in [-0.4, -0.2) is 0 Å². The highest BCUT2D eigenvalue weighted by Gasteiger charge is 2.22. The van der Waals surface area contributed by atoms with Gasteiger partial charge in [0.2, 0.25) is 0 Å². The molecule has 0 N–H and O–H groups in total. The molecule has 1 aliphatic rings. The van der Waals surface area contributed by atoms with Crippen molar-refractivity contribution in [3.05, 3.63) is 35.2 Å². The summed E-state index contributed by atoms with van der Waals surface area (Å²) in [6, 6.07) is 0. The van der Waals surface area contributed by atoms with Gasteiger partial charge in [-0.05, 0) is 50.7 Å². The number of hydrogen-bond donors (Lipinski definition) is 0. The molecular formula is C15H23F. The summed E-state index contributed by atoms with van der Waals surface area (Å²) in [5.74, 6) is 0.350. The zero-order valence-electron chi connectivity index (χ0n) is 10.8. The third-order valence-corrected chi connectivity index (χ3v) is 3.49. The van der Waals surface area contributed by atoms with E-state index in [0.717, 1.165) is 29.6 Å². The quantitative estimate of drug-likeness (QED) is 0.566. The summed E-state index contributed by atoms with van der Waals surface area (Å²) in [6.45, 7) is 9.58. The van der Waals surface area contributed by atoms with Crippen LogP contribution >= 0.6 is 0 Å². The molecule has 0 atom stereocenters. The average Bonchev–Trinajstić information content (AvgIpc) is 2.29. The fraction of sp³-hybridized carbons (Fsp3) is 0.600. The SMILES string of the molecule is C=C(C)/C(=C(F)\C(C)=C/C)C1CCCCC1. The Kier molecular flexibility index (Phi) is 4.98. The molecule has 1 rings (SSSR count). The van der Waals surface area contributed by atoms with Gasteiger partial charge in [-0.3, -0.25) is 0 Å². The van der Waals surface area contributed by atoms with Crippen LogP contribution in [0.3, 0.4) is 0 Å². The monoisotopic (exact) mass is 222 g/mol. The fourth-order valence-electron chi connectivity index (χ4n) is 2.45. The predicted molar refractivity (Wildman–Crippen MR) is 69.0 cm³/mol. The van der Waals surface area contributed by atoms with Crippen molar-refractivity contribution in [2.75, 3.05) is 0 Å². The summed E-state index contributed by atoms with van der Waals surface area (Å²) in [5.41, 5.74) is 2.50. The molecular weight excluding hydrogens is 199 g/mol. The van der Waals surface area contributed by atoms with E-state index in [1.54, 1.807) is 0 Å². The molecule has 0 amide bonds. The highest BCUT2D eigenvalue weighted by molar-refractivity contribution is 5.40. The van der Waals surface area contributed by atoms with E-state index in [1.165, 1.54) is 19.3 Å². The second-order valence-corrected chi connectivity index (χ2v) is 4.81. The largest absolute Gasteiger partial charge is 0.206 e. The van der Waals surface area contributed by atoms with Gasteiger partial charge in [-0.15, -0.1) is 0 Å². The average molecular weight is 222 g/mol. The maximum absolute atomic E-state index is 14.2. The summed E-state index contributed by atoms with van der Waals surface area (Å²) >= 11 is 0. The Balaban J connectivity index is 3.02. The summed E-state index contributed by atoms with van der Waals surface area (Å²) in [4.78, 5) is 0. The van der Waals surface area contributed by atoms with Crippen LogP contribution < -0.4 is 0 Å². The minimum Gasteiger partial charge on any atom is -0.206 e. The highest BCUT2D eigenvalue weighted by atomic mass is 19.1. The van der Waals surface area contributed by atoms with Crippen molar-refractivity contribution in [1.82, 2.24) is 0 Å². The van der Waals surface area contributed by atoms with Crippen LogP contribution in [0.4, 0.5) is 4.39 Å². The lowest BCUT2D eigenvalue weighted by Gasteiger charge is -2.25. The van der Waals surface area contributed by atoms with E-state index in [9.17, 15) is 4.39 Å². The summed E-state index contributed by atoms with van der Waals surface area (Å²) in [6.07, 6.45) is 7.82. The number of halogens is 1. The van der Waals surface area contributed by atoms with Crippen molar-refractivity contribution in [3.8, 4) is 0 Å². The summed E-state index contributed by atoms with van der Waals surface area (Å²) in [5, 5.41) is 0. The van der Waals surface area contributed by atoms with Gasteiger partial charge >= 0.3 is 0 Å². The van der Waals surface area contributed by atoms with E-state index in [2.05, 4.69) is 6.58 Å².